The monoisotopic (exact) mass is 240 g/mol. The van der Waals surface area contributed by atoms with Crippen LogP contribution < -0.4 is 10.1 Å². The molecule has 2 rings (SSSR count). The van der Waals surface area contributed by atoms with E-state index in [1.54, 1.807) is 12.1 Å². The molecule has 0 atom stereocenters. The third kappa shape index (κ3) is 2.98. The molecule has 0 bridgehead atoms. The predicted molar refractivity (Wildman–Crippen MR) is 68.2 cm³/mol. The van der Waals surface area contributed by atoms with Crippen molar-refractivity contribution in [3.8, 4) is 11.8 Å². The first-order chi connectivity index (χ1) is 8.79. The molecule has 0 fully saturated rings. The zero-order valence-corrected chi connectivity index (χ0v) is 9.72. The largest absolute Gasteiger partial charge is 0.412 e. The lowest BCUT2D eigenvalue weighted by atomic mass is 10.1. The molecule has 0 aromatic heterocycles. The molecule has 0 aliphatic rings. The average molecular weight is 240 g/mol. The smallest absolute Gasteiger partial charge is 0.410 e. The van der Waals surface area contributed by atoms with Crippen molar-refractivity contribution < 1.29 is 9.53 Å². The van der Waals surface area contributed by atoms with Gasteiger partial charge >= 0.3 is 6.09 Å². The van der Waals surface area contributed by atoms with E-state index in [1.807, 2.05) is 36.4 Å². The number of carbonyl (C=O) groups excluding carboxylic acids is 1. The summed E-state index contributed by atoms with van der Waals surface area (Å²) in [6.07, 6.45) is -0.271. The summed E-state index contributed by atoms with van der Waals surface area (Å²) in [7, 11) is 0. The zero-order valence-electron chi connectivity index (χ0n) is 9.72. The van der Waals surface area contributed by atoms with Gasteiger partial charge in [-0.05, 0) is 22.9 Å². The summed E-state index contributed by atoms with van der Waals surface area (Å²) in [6, 6.07) is 15.2. The number of ether oxygens (including phenoxy) is 1. The van der Waals surface area contributed by atoms with Crippen molar-refractivity contribution in [1.29, 1.82) is 5.26 Å². The Labute approximate surface area is 105 Å². The molecule has 18 heavy (non-hydrogen) atoms. The SMILES string of the molecule is N#CCCNC(=O)Oc1ccc2ccccc2c1. The van der Waals surface area contributed by atoms with Gasteiger partial charge in [-0.1, -0.05) is 30.3 Å². The van der Waals surface area contributed by atoms with Gasteiger partial charge < -0.3 is 10.1 Å². The second kappa shape index (κ2) is 5.69. The van der Waals surface area contributed by atoms with E-state index in [0.29, 0.717) is 12.3 Å². The Morgan fingerprint density at radius 3 is 2.78 bits per heavy atom. The second-order valence-electron chi connectivity index (χ2n) is 3.73. The third-order valence-electron chi connectivity index (χ3n) is 2.44. The summed E-state index contributed by atoms with van der Waals surface area (Å²) in [5.74, 6) is 0.489. The maximum Gasteiger partial charge on any atom is 0.412 e. The van der Waals surface area contributed by atoms with Crippen molar-refractivity contribution in [3.63, 3.8) is 0 Å². The van der Waals surface area contributed by atoms with Crippen LogP contribution in [0.1, 0.15) is 6.42 Å². The lowest BCUT2D eigenvalue weighted by Gasteiger charge is -2.06. The highest BCUT2D eigenvalue weighted by Gasteiger charge is 2.03. The van der Waals surface area contributed by atoms with Gasteiger partial charge in [-0.3, -0.25) is 0 Å². The summed E-state index contributed by atoms with van der Waals surface area (Å²) in [5, 5.41) is 12.9. The highest BCUT2D eigenvalue weighted by molar-refractivity contribution is 5.84. The molecule has 4 heteroatoms. The molecule has 0 heterocycles. The summed E-state index contributed by atoms with van der Waals surface area (Å²) in [4.78, 5) is 11.4. The van der Waals surface area contributed by atoms with Gasteiger partial charge in [-0.15, -0.1) is 0 Å². The Morgan fingerprint density at radius 1 is 1.22 bits per heavy atom. The topological polar surface area (TPSA) is 62.1 Å². The van der Waals surface area contributed by atoms with Gasteiger partial charge in [0.2, 0.25) is 0 Å². The Hall–Kier alpha value is -2.54. The summed E-state index contributed by atoms with van der Waals surface area (Å²) < 4.78 is 5.11. The lowest BCUT2D eigenvalue weighted by molar-refractivity contribution is 0.201. The van der Waals surface area contributed by atoms with Gasteiger partial charge in [0.15, 0.2) is 0 Å². The number of fused-ring (bicyclic) bond motifs is 1. The van der Waals surface area contributed by atoms with Crippen molar-refractivity contribution in [2.45, 2.75) is 6.42 Å². The maximum absolute atomic E-state index is 11.4. The molecule has 0 saturated heterocycles. The molecule has 2 aromatic carbocycles. The number of hydrogen-bond donors (Lipinski definition) is 1. The van der Waals surface area contributed by atoms with Crippen molar-refractivity contribution in [2.24, 2.45) is 0 Å². The van der Waals surface area contributed by atoms with Crippen LogP contribution in [-0.4, -0.2) is 12.6 Å². The Balaban J connectivity index is 2.03. The van der Waals surface area contributed by atoms with Crippen LogP contribution in [-0.2, 0) is 0 Å². The van der Waals surface area contributed by atoms with Gasteiger partial charge in [0.05, 0.1) is 12.5 Å². The van der Waals surface area contributed by atoms with E-state index in [9.17, 15) is 4.79 Å². The van der Waals surface area contributed by atoms with E-state index >= 15 is 0 Å². The van der Waals surface area contributed by atoms with E-state index in [-0.39, 0.29) is 6.42 Å². The first-order valence-electron chi connectivity index (χ1n) is 5.61. The van der Waals surface area contributed by atoms with Gasteiger partial charge in [-0.25, -0.2) is 4.79 Å². The summed E-state index contributed by atoms with van der Waals surface area (Å²) in [5.41, 5.74) is 0. The van der Waals surface area contributed by atoms with E-state index in [2.05, 4.69) is 5.32 Å². The quantitative estimate of drug-likeness (QED) is 0.839. The number of carbonyl (C=O) groups is 1. The fraction of sp³-hybridized carbons (Fsp3) is 0.143. The van der Waals surface area contributed by atoms with Gasteiger partial charge in [0.25, 0.3) is 0 Å². The summed E-state index contributed by atoms with van der Waals surface area (Å²) in [6.45, 7) is 0.295. The van der Waals surface area contributed by atoms with E-state index in [0.717, 1.165) is 10.8 Å². The molecule has 0 unspecified atom stereocenters. The molecule has 2 aromatic rings. The van der Waals surface area contributed by atoms with Crippen LogP contribution in [0.15, 0.2) is 42.5 Å². The van der Waals surface area contributed by atoms with Crippen LogP contribution in [0.4, 0.5) is 4.79 Å². The highest BCUT2D eigenvalue weighted by Crippen LogP contribution is 2.20. The van der Waals surface area contributed by atoms with Gasteiger partial charge in [-0.2, -0.15) is 5.26 Å². The van der Waals surface area contributed by atoms with Crippen molar-refractivity contribution in [1.82, 2.24) is 5.32 Å². The minimum absolute atomic E-state index is 0.271. The molecule has 0 saturated carbocycles. The molecular weight excluding hydrogens is 228 g/mol. The first kappa shape index (κ1) is 11.9. The predicted octanol–water partition coefficient (Wildman–Crippen LogP) is 2.84. The molecular formula is C14H12N2O2. The highest BCUT2D eigenvalue weighted by atomic mass is 16.5. The van der Waals surface area contributed by atoms with Crippen LogP contribution in [0, 0.1) is 11.3 Å². The molecule has 0 spiro atoms. The molecule has 0 aliphatic heterocycles. The van der Waals surface area contributed by atoms with Crippen LogP contribution in [0.25, 0.3) is 10.8 Å². The van der Waals surface area contributed by atoms with Crippen LogP contribution in [0.2, 0.25) is 0 Å². The maximum atomic E-state index is 11.4. The molecule has 0 radical (unpaired) electrons. The zero-order chi connectivity index (χ0) is 12.8. The van der Waals surface area contributed by atoms with Crippen LogP contribution in [0.3, 0.4) is 0 Å². The standard InChI is InChI=1S/C14H12N2O2/c15-8-3-9-16-14(17)18-13-7-6-11-4-1-2-5-12(11)10-13/h1-2,4-7,10H,3,9H2,(H,16,17). The Morgan fingerprint density at radius 2 is 2.00 bits per heavy atom. The Kier molecular flexibility index (Phi) is 3.77. The number of benzene rings is 2. The minimum Gasteiger partial charge on any atom is -0.410 e. The average Bonchev–Trinajstić information content (AvgIpc) is 2.39. The van der Waals surface area contributed by atoms with Gasteiger partial charge in [0.1, 0.15) is 5.75 Å². The Bertz CT molecular complexity index is 602. The van der Waals surface area contributed by atoms with Crippen molar-refractivity contribution >= 4 is 16.9 Å². The van der Waals surface area contributed by atoms with E-state index in [4.69, 9.17) is 10.00 Å². The fourth-order valence-electron chi connectivity index (χ4n) is 1.59. The minimum atomic E-state index is -0.541. The lowest BCUT2D eigenvalue weighted by Crippen LogP contribution is -2.27. The molecule has 90 valence electrons. The number of nitriles is 1. The first-order valence-corrected chi connectivity index (χ1v) is 5.61. The molecule has 1 amide bonds. The van der Waals surface area contributed by atoms with Crippen LogP contribution >= 0.6 is 0 Å². The fourth-order valence-corrected chi connectivity index (χ4v) is 1.59. The van der Waals surface area contributed by atoms with Crippen molar-refractivity contribution in [2.75, 3.05) is 6.54 Å². The third-order valence-corrected chi connectivity index (χ3v) is 2.44. The molecule has 0 aliphatic carbocycles. The molecule has 1 N–H and O–H groups in total. The second-order valence-corrected chi connectivity index (χ2v) is 3.73. The number of amides is 1. The number of nitrogens with one attached hydrogen (secondary N) is 1. The summed E-state index contributed by atoms with van der Waals surface area (Å²) >= 11 is 0. The number of nitrogens with zero attached hydrogens (tertiary/aromatic N) is 1. The normalized spacial score (nSPS) is 9.72. The number of hydrogen-bond acceptors (Lipinski definition) is 3. The number of rotatable bonds is 3. The van der Waals surface area contributed by atoms with Gasteiger partial charge in [0, 0.05) is 6.54 Å². The van der Waals surface area contributed by atoms with E-state index in [1.165, 1.54) is 0 Å². The van der Waals surface area contributed by atoms with E-state index < -0.39 is 6.09 Å². The van der Waals surface area contributed by atoms with Crippen LogP contribution in [0.5, 0.6) is 5.75 Å². The molecule has 4 nitrogen and oxygen atoms in total. The van der Waals surface area contributed by atoms with Crippen molar-refractivity contribution in [3.05, 3.63) is 42.5 Å².